The second-order valence-corrected chi connectivity index (χ2v) is 7.66. The molecule has 0 aliphatic carbocycles. The third-order valence-corrected chi connectivity index (χ3v) is 6.41. The zero-order valence-electron chi connectivity index (χ0n) is 12.0. The largest absolute Gasteiger partial charge is 0.454 e. The molecule has 2 aliphatic rings. The quantitative estimate of drug-likeness (QED) is 0.734. The van der Waals surface area contributed by atoms with Gasteiger partial charge in [-0.25, -0.2) is 4.98 Å². The highest BCUT2D eigenvalue weighted by Gasteiger charge is 2.21. The van der Waals surface area contributed by atoms with Crippen molar-refractivity contribution in [2.45, 2.75) is 12.2 Å². The van der Waals surface area contributed by atoms with Crippen LogP contribution in [0.25, 0.3) is 21.6 Å². The molecule has 2 aliphatic heterocycles. The van der Waals surface area contributed by atoms with Crippen LogP contribution in [-0.2, 0) is 12.2 Å². The van der Waals surface area contributed by atoms with Crippen LogP contribution in [-0.4, -0.2) is 22.5 Å². The molecule has 5 nitrogen and oxygen atoms in total. The number of nitrogens with zero attached hydrogens (tertiary/aromatic N) is 1. The van der Waals surface area contributed by atoms with Crippen LogP contribution in [0.5, 0.6) is 11.5 Å². The van der Waals surface area contributed by atoms with Crippen molar-refractivity contribution >= 4 is 33.3 Å². The van der Waals surface area contributed by atoms with Crippen LogP contribution < -0.4 is 15.0 Å². The Morgan fingerprint density at radius 3 is 3.09 bits per heavy atom. The highest BCUT2D eigenvalue weighted by atomic mass is 32.2. The molecule has 0 saturated carbocycles. The van der Waals surface area contributed by atoms with Crippen molar-refractivity contribution in [2.24, 2.45) is 0 Å². The van der Waals surface area contributed by atoms with Gasteiger partial charge in [-0.1, -0.05) is 0 Å². The molecule has 0 bridgehead atoms. The Kier molecular flexibility index (Phi) is 2.93. The van der Waals surface area contributed by atoms with Gasteiger partial charge in [0.25, 0.3) is 5.56 Å². The van der Waals surface area contributed by atoms with Crippen molar-refractivity contribution in [3.63, 3.8) is 0 Å². The molecule has 7 heteroatoms. The van der Waals surface area contributed by atoms with Gasteiger partial charge in [0.05, 0.1) is 5.39 Å². The van der Waals surface area contributed by atoms with Crippen LogP contribution in [0.4, 0.5) is 0 Å². The smallest absolute Gasteiger partial charge is 0.260 e. The number of ether oxygens (including phenoxy) is 2. The molecule has 1 aromatic carbocycles. The first-order chi connectivity index (χ1) is 11.3. The van der Waals surface area contributed by atoms with Gasteiger partial charge < -0.3 is 14.5 Å². The summed E-state index contributed by atoms with van der Waals surface area (Å²) in [6.07, 6.45) is 0.953. The third kappa shape index (κ3) is 2.07. The molecule has 0 spiro atoms. The predicted molar refractivity (Wildman–Crippen MR) is 91.7 cm³/mol. The van der Waals surface area contributed by atoms with E-state index >= 15 is 0 Å². The van der Waals surface area contributed by atoms with Gasteiger partial charge in [-0.2, -0.15) is 11.8 Å². The molecule has 3 aromatic rings. The number of aromatic amines is 1. The number of thiophene rings is 1. The molecule has 0 unspecified atom stereocenters. The first kappa shape index (κ1) is 13.4. The maximum absolute atomic E-state index is 12.6. The summed E-state index contributed by atoms with van der Waals surface area (Å²) < 4.78 is 10.7. The second kappa shape index (κ2) is 5.01. The summed E-state index contributed by atoms with van der Waals surface area (Å²) in [6.45, 7) is 0.233. The summed E-state index contributed by atoms with van der Waals surface area (Å²) in [5.74, 6) is 4.04. The number of fused-ring (bicyclic) bond motifs is 4. The number of benzene rings is 1. The molecular formula is C16H12N2O3S2. The minimum atomic E-state index is -0.0490. The Morgan fingerprint density at radius 2 is 2.13 bits per heavy atom. The number of hydrogen-bond acceptors (Lipinski definition) is 6. The van der Waals surface area contributed by atoms with E-state index in [4.69, 9.17) is 14.5 Å². The van der Waals surface area contributed by atoms with Crippen LogP contribution in [0.3, 0.4) is 0 Å². The molecule has 0 radical (unpaired) electrons. The first-order valence-corrected chi connectivity index (χ1v) is 9.29. The van der Waals surface area contributed by atoms with E-state index in [1.54, 1.807) is 11.3 Å². The Hall–Kier alpha value is -1.99. The van der Waals surface area contributed by atoms with Crippen LogP contribution in [0, 0.1) is 0 Å². The maximum atomic E-state index is 12.6. The highest BCUT2D eigenvalue weighted by Crippen LogP contribution is 2.37. The number of hydrogen-bond donors (Lipinski definition) is 1. The van der Waals surface area contributed by atoms with Crippen LogP contribution in [0.15, 0.2) is 23.0 Å². The van der Waals surface area contributed by atoms with Gasteiger partial charge >= 0.3 is 0 Å². The Labute approximate surface area is 139 Å². The van der Waals surface area contributed by atoms with Gasteiger partial charge in [-0.05, 0) is 35.9 Å². The molecule has 0 fully saturated rings. The predicted octanol–water partition coefficient (Wildman–Crippen LogP) is 3.17. The van der Waals surface area contributed by atoms with E-state index < -0.39 is 0 Å². The molecular weight excluding hydrogens is 332 g/mol. The minimum Gasteiger partial charge on any atom is -0.454 e. The standard InChI is InChI=1S/C16H12N2O3S2/c19-15-13-9-3-4-22-6-12(9)23-16(13)18-14(17-15)8-1-2-10-11(5-8)21-7-20-10/h1-2,5H,3-4,6-7H2,(H,17,18,19). The van der Waals surface area contributed by atoms with Gasteiger partial charge in [-0.15, -0.1) is 11.3 Å². The molecule has 0 amide bonds. The van der Waals surface area contributed by atoms with E-state index in [1.165, 1.54) is 10.4 Å². The molecule has 0 atom stereocenters. The van der Waals surface area contributed by atoms with Gasteiger partial charge in [0.1, 0.15) is 10.7 Å². The summed E-state index contributed by atoms with van der Waals surface area (Å²) in [4.78, 5) is 22.3. The maximum Gasteiger partial charge on any atom is 0.260 e. The van der Waals surface area contributed by atoms with Crippen LogP contribution >= 0.6 is 23.1 Å². The first-order valence-electron chi connectivity index (χ1n) is 7.32. The van der Waals surface area contributed by atoms with Gasteiger partial charge in [0.15, 0.2) is 11.5 Å². The number of thioether (sulfide) groups is 1. The monoisotopic (exact) mass is 344 g/mol. The summed E-state index contributed by atoms with van der Waals surface area (Å²) in [5.41, 5.74) is 1.97. The van der Waals surface area contributed by atoms with Crippen LogP contribution in [0.1, 0.15) is 10.4 Å². The molecule has 5 rings (SSSR count). The molecule has 116 valence electrons. The van der Waals surface area contributed by atoms with Crippen molar-refractivity contribution in [1.29, 1.82) is 0 Å². The fraction of sp³-hybridized carbons (Fsp3) is 0.250. The molecule has 0 saturated heterocycles. The summed E-state index contributed by atoms with van der Waals surface area (Å²) >= 11 is 3.55. The lowest BCUT2D eigenvalue weighted by Gasteiger charge is -2.09. The molecule has 2 aromatic heterocycles. The van der Waals surface area contributed by atoms with Crippen LogP contribution in [0.2, 0.25) is 0 Å². The van der Waals surface area contributed by atoms with E-state index in [2.05, 4.69) is 4.98 Å². The number of nitrogens with one attached hydrogen (secondary N) is 1. The number of H-pyrrole nitrogens is 1. The van der Waals surface area contributed by atoms with E-state index in [0.29, 0.717) is 11.6 Å². The fourth-order valence-electron chi connectivity index (χ4n) is 3.01. The minimum absolute atomic E-state index is 0.0490. The van der Waals surface area contributed by atoms with E-state index in [9.17, 15) is 4.79 Å². The van der Waals surface area contributed by atoms with E-state index in [0.717, 1.165) is 39.5 Å². The van der Waals surface area contributed by atoms with Gasteiger partial charge in [-0.3, -0.25) is 4.79 Å². The second-order valence-electron chi connectivity index (χ2n) is 5.47. The summed E-state index contributed by atoms with van der Waals surface area (Å²) in [7, 11) is 0. The highest BCUT2D eigenvalue weighted by molar-refractivity contribution is 7.98. The van der Waals surface area contributed by atoms with Crippen molar-refractivity contribution in [3.8, 4) is 22.9 Å². The lowest BCUT2D eigenvalue weighted by molar-refractivity contribution is 0.174. The Balaban J connectivity index is 1.69. The van der Waals surface area contributed by atoms with Gasteiger partial charge in [0.2, 0.25) is 6.79 Å². The van der Waals surface area contributed by atoms with Crippen molar-refractivity contribution in [3.05, 3.63) is 39.0 Å². The fourth-order valence-corrected chi connectivity index (χ4v) is 5.36. The SMILES string of the molecule is O=c1[nH]c(-c2ccc3c(c2)OCO3)nc2sc3c(c12)CCSC3. The topological polar surface area (TPSA) is 64.2 Å². The molecule has 4 heterocycles. The van der Waals surface area contributed by atoms with Crippen molar-refractivity contribution in [1.82, 2.24) is 9.97 Å². The average Bonchev–Trinajstić information content (AvgIpc) is 3.17. The lowest BCUT2D eigenvalue weighted by atomic mass is 10.1. The Bertz CT molecular complexity index is 993. The van der Waals surface area contributed by atoms with E-state index in [1.807, 2.05) is 30.0 Å². The zero-order chi connectivity index (χ0) is 15.4. The van der Waals surface area contributed by atoms with Gasteiger partial charge in [0, 0.05) is 16.2 Å². The number of rotatable bonds is 1. The third-order valence-electron chi connectivity index (χ3n) is 4.12. The summed E-state index contributed by atoms with van der Waals surface area (Å²) in [6, 6.07) is 5.59. The van der Waals surface area contributed by atoms with Crippen molar-refractivity contribution < 1.29 is 9.47 Å². The number of aryl methyl sites for hydroxylation is 1. The average molecular weight is 344 g/mol. The lowest BCUT2D eigenvalue weighted by Crippen LogP contribution is -2.11. The molecule has 1 N–H and O–H groups in total. The normalized spacial score (nSPS) is 15.8. The number of aromatic nitrogens is 2. The summed E-state index contributed by atoms with van der Waals surface area (Å²) in [5, 5.41) is 0.773. The Morgan fingerprint density at radius 1 is 1.22 bits per heavy atom. The van der Waals surface area contributed by atoms with Crippen molar-refractivity contribution in [2.75, 3.05) is 12.5 Å². The van der Waals surface area contributed by atoms with E-state index in [-0.39, 0.29) is 12.4 Å². The molecule has 23 heavy (non-hydrogen) atoms. The zero-order valence-corrected chi connectivity index (χ0v) is 13.7.